The Morgan fingerprint density at radius 3 is 2.61 bits per heavy atom. The van der Waals surface area contributed by atoms with Crippen LogP contribution in [0.25, 0.3) is 0 Å². The van der Waals surface area contributed by atoms with E-state index in [4.69, 9.17) is 4.74 Å². The Labute approximate surface area is 110 Å². The Morgan fingerprint density at radius 2 is 1.94 bits per heavy atom. The van der Waals surface area contributed by atoms with Crippen molar-refractivity contribution < 1.29 is 9.53 Å². The van der Waals surface area contributed by atoms with E-state index in [1.165, 1.54) is 5.56 Å². The summed E-state index contributed by atoms with van der Waals surface area (Å²) in [6.07, 6.45) is 3.36. The number of likely N-dealkylation sites (N-methyl/N-ethyl adjacent to an activating group) is 1. The lowest BCUT2D eigenvalue weighted by Crippen LogP contribution is -2.28. The minimum Gasteiger partial charge on any atom is -0.465 e. The first kappa shape index (κ1) is 14.7. The average molecular weight is 249 g/mol. The lowest BCUT2D eigenvalue weighted by Gasteiger charge is -2.15. The van der Waals surface area contributed by atoms with Gasteiger partial charge in [-0.1, -0.05) is 30.3 Å². The van der Waals surface area contributed by atoms with Gasteiger partial charge < -0.3 is 4.74 Å². The van der Waals surface area contributed by atoms with Crippen LogP contribution in [0.5, 0.6) is 0 Å². The molecule has 0 aromatic heterocycles. The average Bonchev–Trinajstić information content (AvgIpc) is 2.36. The third kappa shape index (κ3) is 6.40. The molecule has 1 rings (SSSR count). The molecule has 0 fully saturated rings. The van der Waals surface area contributed by atoms with Crippen LogP contribution < -0.4 is 0 Å². The summed E-state index contributed by atoms with van der Waals surface area (Å²) in [6.45, 7) is 3.61. The summed E-state index contributed by atoms with van der Waals surface area (Å²) >= 11 is 0. The van der Waals surface area contributed by atoms with E-state index in [-0.39, 0.29) is 5.97 Å². The predicted molar refractivity (Wildman–Crippen MR) is 73.5 cm³/mol. The largest absolute Gasteiger partial charge is 0.465 e. The third-order valence-corrected chi connectivity index (χ3v) is 2.80. The zero-order valence-corrected chi connectivity index (χ0v) is 11.4. The number of benzene rings is 1. The van der Waals surface area contributed by atoms with E-state index in [2.05, 4.69) is 24.3 Å². The van der Waals surface area contributed by atoms with E-state index < -0.39 is 0 Å². The SMILES string of the molecule is CCOC(=O)CN(C)CCCCc1ccccc1. The van der Waals surface area contributed by atoms with E-state index in [0.29, 0.717) is 13.2 Å². The Balaban J connectivity index is 2.09. The van der Waals surface area contributed by atoms with Crippen molar-refractivity contribution in [3.05, 3.63) is 35.9 Å². The van der Waals surface area contributed by atoms with Crippen LogP contribution in [0.3, 0.4) is 0 Å². The van der Waals surface area contributed by atoms with Crippen molar-refractivity contribution in [1.82, 2.24) is 4.90 Å². The first-order valence-corrected chi connectivity index (χ1v) is 6.60. The highest BCUT2D eigenvalue weighted by molar-refractivity contribution is 5.71. The van der Waals surface area contributed by atoms with Gasteiger partial charge >= 0.3 is 5.97 Å². The van der Waals surface area contributed by atoms with E-state index >= 15 is 0 Å². The number of nitrogens with zero attached hydrogens (tertiary/aromatic N) is 1. The molecule has 3 heteroatoms. The number of carbonyl (C=O) groups excluding carboxylic acids is 1. The van der Waals surface area contributed by atoms with Gasteiger partial charge in [0.25, 0.3) is 0 Å². The molecule has 0 radical (unpaired) electrons. The normalized spacial score (nSPS) is 10.6. The molecular formula is C15H23NO2. The maximum atomic E-state index is 11.2. The van der Waals surface area contributed by atoms with Crippen LogP contribution in [0.4, 0.5) is 0 Å². The molecule has 0 saturated carbocycles. The molecule has 1 aromatic rings. The first-order valence-electron chi connectivity index (χ1n) is 6.60. The van der Waals surface area contributed by atoms with Crippen molar-refractivity contribution in [2.75, 3.05) is 26.7 Å². The molecule has 0 amide bonds. The van der Waals surface area contributed by atoms with Gasteiger partial charge in [0.2, 0.25) is 0 Å². The van der Waals surface area contributed by atoms with Gasteiger partial charge in [-0.2, -0.15) is 0 Å². The van der Waals surface area contributed by atoms with Crippen LogP contribution >= 0.6 is 0 Å². The Morgan fingerprint density at radius 1 is 1.22 bits per heavy atom. The summed E-state index contributed by atoms with van der Waals surface area (Å²) in [7, 11) is 1.96. The lowest BCUT2D eigenvalue weighted by atomic mass is 10.1. The molecule has 0 heterocycles. The molecule has 18 heavy (non-hydrogen) atoms. The quantitative estimate of drug-likeness (QED) is 0.524. The summed E-state index contributed by atoms with van der Waals surface area (Å²) in [4.78, 5) is 13.3. The number of rotatable bonds is 8. The number of hydrogen-bond acceptors (Lipinski definition) is 3. The molecule has 100 valence electrons. The van der Waals surface area contributed by atoms with Gasteiger partial charge in [-0.3, -0.25) is 9.69 Å². The van der Waals surface area contributed by atoms with Crippen LogP contribution in [0, 0.1) is 0 Å². The summed E-state index contributed by atoms with van der Waals surface area (Å²) in [5, 5.41) is 0. The van der Waals surface area contributed by atoms with Crippen molar-refractivity contribution in [1.29, 1.82) is 0 Å². The Hall–Kier alpha value is -1.35. The van der Waals surface area contributed by atoms with Crippen molar-refractivity contribution in [2.45, 2.75) is 26.2 Å². The van der Waals surface area contributed by atoms with Gasteiger partial charge in [0.05, 0.1) is 13.2 Å². The molecule has 0 bridgehead atoms. The maximum absolute atomic E-state index is 11.2. The molecule has 1 aromatic carbocycles. The minimum atomic E-state index is -0.136. The van der Waals surface area contributed by atoms with Crippen LogP contribution in [-0.4, -0.2) is 37.6 Å². The van der Waals surface area contributed by atoms with Crippen molar-refractivity contribution in [2.24, 2.45) is 0 Å². The second-order valence-electron chi connectivity index (χ2n) is 4.49. The molecule has 0 aliphatic carbocycles. The van der Waals surface area contributed by atoms with Gasteiger partial charge in [-0.15, -0.1) is 0 Å². The molecule has 0 aliphatic rings. The number of unbranched alkanes of at least 4 members (excludes halogenated alkanes) is 1. The highest BCUT2D eigenvalue weighted by Crippen LogP contribution is 2.04. The van der Waals surface area contributed by atoms with Crippen LogP contribution in [0.2, 0.25) is 0 Å². The molecular weight excluding hydrogens is 226 g/mol. The van der Waals surface area contributed by atoms with Crippen LogP contribution in [0.1, 0.15) is 25.3 Å². The fourth-order valence-corrected chi connectivity index (χ4v) is 1.86. The highest BCUT2D eigenvalue weighted by atomic mass is 16.5. The molecule has 0 atom stereocenters. The number of ether oxygens (including phenoxy) is 1. The van der Waals surface area contributed by atoms with Crippen molar-refractivity contribution >= 4 is 5.97 Å². The summed E-state index contributed by atoms with van der Waals surface area (Å²) in [5.74, 6) is -0.136. The predicted octanol–water partition coefficient (Wildman–Crippen LogP) is 2.50. The first-order chi connectivity index (χ1) is 8.72. The van der Waals surface area contributed by atoms with E-state index in [1.807, 2.05) is 24.9 Å². The standard InChI is InChI=1S/C15H23NO2/c1-3-18-15(17)13-16(2)12-8-7-11-14-9-5-4-6-10-14/h4-6,9-10H,3,7-8,11-13H2,1-2H3. The Bertz CT molecular complexity index is 338. The second-order valence-corrected chi connectivity index (χ2v) is 4.49. The van der Waals surface area contributed by atoms with E-state index in [0.717, 1.165) is 25.8 Å². The molecule has 0 unspecified atom stereocenters. The minimum absolute atomic E-state index is 0.136. The van der Waals surface area contributed by atoms with Gasteiger partial charge in [0.1, 0.15) is 0 Å². The second kappa shape index (κ2) is 8.70. The van der Waals surface area contributed by atoms with E-state index in [1.54, 1.807) is 0 Å². The highest BCUT2D eigenvalue weighted by Gasteiger charge is 2.06. The van der Waals surface area contributed by atoms with E-state index in [9.17, 15) is 4.79 Å². The molecule has 3 nitrogen and oxygen atoms in total. The fraction of sp³-hybridized carbons (Fsp3) is 0.533. The summed E-state index contributed by atoms with van der Waals surface area (Å²) in [6, 6.07) is 10.5. The monoisotopic (exact) mass is 249 g/mol. The van der Waals surface area contributed by atoms with Crippen LogP contribution in [0.15, 0.2) is 30.3 Å². The molecule has 0 N–H and O–H groups in total. The summed E-state index contributed by atoms with van der Waals surface area (Å²) < 4.78 is 4.91. The smallest absolute Gasteiger partial charge is 0.320 e. The molecule has 0 aliphatic heterocycles. The number of carbonyl (C=O) groups is 1. The molecule has 0 spiro atoms. The number of esters is 1. The van der Waals surface area contributed by atoms with Gasteiger partial charge in [-0.25, -0.2) is 0 Å². The number of aryl methyl sites for hydroxylation is 1. The van der Waals surface area contributed by atoms with Gasteiger partial charge in [-0.05, 0) is 45.3 Å². The zero-order valence-electron chi connectivity index (χ0n) is 11.4. The van der Waals surface area contributed by atoms with Crippen molar-refractivity contribution in [3.8, 4) is 0 Å². The van der Waals surface area contributed by atoms with Crippen molar-refractivity contribution in [3.63, 3.8) is 0 Å². The third-order valence-electron chi connectivity index (χ3n) is 2.80. The fourth-order valence-electron chi connectivity index (χ4n) is 1.86. The maximum Gasteiger partial charge on any atom is 0.320 e. The topological polar surface area (TPSA) is 29.5 Å². The Kier molecular flexibility index (Phi) is 7.11. The summed E-state index contributed by atoms with van der Waals surface area (Å²) in [5.41, 5.74) is 1.38. The number of hydrogen-bond donors (Lipinski definition) is 0. The van der Waals surface area contributed by atoms with Gasteiger partial charge in [0, 0.05) is 0 Å². The van der Waals surface area contributed by atoms with Gasteiger partial charge in [0.15, 0.2) is 0 Å². The zero-order chi connectivity index (χ0) is 13.2. The molecule has 0 saturated heterocycles. The lowest BCUT2D eigenvalue weighted by molar-refractivity contribution is -0.144. The van der Waals surface area contributed by atoms with Crippen LogP contribution in [-0.2, 0) is 16.0 Å².